The molecule has 1 aromatic rings. The van der Waals surface area contributed by atoms with Gasteiger partial charge in [-0.1, -0.05) is 13.8 Å². The van der Waals surface area contributed by atoms with Crippen molar-refractivity contribution >= 4 is 28.2 Å². The van der Waals surface area contributed by atoms with Crippen molar-refractivity contribution in [1.29, 1.82) is 0 Å². The zero-order valence-corrected chi connectivity index (χ0v) is 12.2. The monoisotopic (exact) mass is 271 g/mol. The van der Waals surface area contributed by atoms with Gasteiger partial charge in [0.25, 0.3) is 0 Å². The Kier molecular flexibility index (Phi) is 5.13. The molecule has 0 radical (unpaired) electrons. The number of aromatic nitrogens is 1. The van der Waals surface area contributed by atoms with Crippen LogP contribution in [0.1, 0.15) is 19.5 Å². The molecule has 1 aliphatic rings. The summed E-state index contributed by atoms with van der Waals surface area (Å²) in [4.78, 5) is 7.14. The number of rotatable bonds is 5. The number of nitrogens with zero attached hydrogens (tertiary/aromatic N) is 2. The van der Waals surface area contributed by atoms with Gasteiger partial charge in [-0.15, -0.1) is 11.3 Å². The molecule has 17 heavy (non-hydrogen) atoms. The molecule has 0 aromatic carbocycles. The first-order valence-corrected chi connectivity index (χ1v) is 8.29. The lowest BCUT2D eigenvalue weighted by molar-refractivity contribution is 0.588. The van der Waals surface area contributed by atoms with E-state index in [0.29, 0.717) is 6.04 Å². The summed E-state index contributed by atoms with van der Waals surface area (Å²) < 4.78 is 0. The summed E-state index contributed by atoms with van der Waals surface area (Å²) in [7, 11) is 0. The van der Waals surface area contributed by atoms with Crippen LogP contribution in [0.5, 0.6) is 0 Å². The largest absolute Gasteiger partial charge is 0.346 e. The highest BCUT2D eigenvalue weighted by atomic mass is 32.2. The summed E-state index contributed by atoms with van der Waals surface area (Å²) in [6.45, 7) is 7.69. The number of thioether (sulfide) groups is 1. The molecule has 0 unspecified atom stereocenters. The maximum absolute atomic E-state index is 4.73. The Morgan fingerprint density at radius 2 is 2.18 bits per heavy atom. The van der Waals surface area contributed by atoms with Crippen LogP contribution in [0.25, 0.3) is 0 Å². The Labute approximate surface area is 112 Å². The zero-order chi connectivity index (χ0) is 12.1. The number of hydrogen-bond donors (Lipinski definition) is 1. The van der Waals surface area contributed by atoms with Crippen LogP contribution in [0.3, 0.4) is 0 Å². The second kappa shape index (κ2) is 6.61. The average molecular weight is 271 g/mol. The first kappa shape index (κ1) is 13.2. The SMILES string of the molecule is CC(C)NCCc1csc(N2CCSCC2)n1. The minimum atomic E-state index is 0.562. The van der Waals surface area contributed by atoms with Crippen LogP contribution in [-0.2, 0) is 6.42 Å². The molecule has 0 amide bonds. The van der Waals surface area contributed by atoms with E-state index in [4.69, 9.17) is 4.98 Å². The van der Waals surface area contributed by atoms with Gasteiger partial charge in [-0.2, -0.15) is 11.8 Å². The Morgan fingerprint density at radius 3 is 2.88 bits per heavy atom. The number of anilines is 1. The molecule has 0 atom stereocenters. The van der Waals surface area contributed by atoms with Crippen molar-refractivity contribution in [3.8, 4) is 0 Å². The highest BCUT2D eigenvalue weighted by Gasteiger charge is 2.14. The van der Waals surface area contributed by atoms with Gasteiger partial charge in [-0.25, -0.2) is 4.98 Å². The number of hydrogen-bond acceptors (Lipinski definition) is 5. The van der Waals surface area contributed by atoms with Crippen molar-refractivity contribution < 1.29 is 0 Å². The van der Waals surface area contributed by atoms with E-state index < -0.39 is 0 Å². The third-order valence-corrected chi connectivity index (χ3v) is 4.65. The Bertz CT molecular complexity index is 332. The highest BCUT2D eigenvalue weighted by molar-refractivity contribution is 7.99. The van der Waals surface area contributed by atoms with Gasteiger partial charge in [0.2, 0.25) is 0 Å². The quantitative estimate of drug-likeness (QED) is 0.889. The molecule has 0 bridgehead atoms. The van der Waals surface area contributed by atoms with E-state index >= 15 is 0 Å². The fraction of sp³-hybridized carbons (Fsp3) is 0.750. The summed E-state index contributed by atoms with van der Waals surface area (Å²) in [6, 6.07) is 0.562. The van der Waals surface area contributed by atoms with E-state index in [1.54, 1.807) is 11.3 Å². The molecule has 1 aliphatic heterocycles. The summed E-state index contributed by atoms with van der Waals surface area (Å²) >= 11 is 3.84. The van der Waals surface area contributed by atoms with Gasteiger partial charge in [0.1, 0.15) is 0 Å². The van der Waals surface area contributed by atoms with Gasteiger partial charge >= 0.3 is 0 Å². The van der Waals surface area contributed by atoms with Crippen molar-refractivity contribution in [2.75, 3.05) is 36.0 Å². The molecule has 2 rings (SSSR count). The summed E-state index contributed by atoms with van der Waals surface area (Å²) in [5.41, 5.74) is 1.23. The van der Waals surface area contributed by atoms with E-state index in [2.05, 4.69) is 29.4 Å². The van der Waals surface area contributed by atoms with Gasteiger partial charge in [0.15, 0.2) is 5.13 Å². The van der Waals surface area contributed by atoms with Crippen LogP contribution in [0.4, 0.5) is 5.13 Å². The maximum atomic E-state index is 4.73. The van der Waals surface area contributed by atoms with Crippen LogP contribution in [-0.4, -0.2) is 42.2 Å². The second-order valence-corrected chi connectivity index (χ2v) is 6.64. The van der Waals surface area contributed by atoms with Crippen molar-refractivity contribution in [2.45, 2.75) is 26.3 Å². The first-order chi connectivity index (χ1) is 8.25. The van der Waals surface area contributed by atoms with Gasteiger partial charge < -0.3 is 10.2 Å². The minimum absolute atomic E-state index is 0.562. The molecule has 0 saturated carbocycles. The maximum Gasteiger partial charge on any atom is 0.185 e. The first-order valence-electron chi connectivity index (χ1n) is 6.26. The molecule has 1 fully saturated rings. The smallest absolute Gasteiger partial charge is 0.185 e. The summed E-state index contributed by atoms with van der Waals surface area (Å²) in [5, 5.41) is 6.85. The summed E-state index contributed by atoms with van der Waals surface area (Å²) in [5.74, 6) is 2.48. The van der Waals surface area contributed by atoms with Gasteiger partial charge in [-0.3, -0.25) is 0 Å². The Morgan fingerprint density at radius 1 is 1.41 bits per heavy atom. The predicted octanol–water partition coefficient (Wildman–Crippen LogP) is 2.24. The van der Waals surface area contributed by atoms with Crippen LogP contribution in [0.15, 0.2) is 5.38 Å². The summed E-state index contributed by atoms with van der Waals surface area (Å²) in [6.07, 6.45) is 1.04. The molecule has 3 nitrogen and oxygen atoms in total. The second-order valence-electron chi connectivity index (χ2n) is 4.58. The van der Waals surface area contributed by atoms with Gasteiger partial charge in [0.05, 0.1) is 5.69 Å². The average Bonchev–Trinajstić information content (AvgIpc) is 2.78. The molecule has 96 valence electrons. The molecule has 1 N–H and O–H groups in total. The third-order valence-electron chi connectivity index (χ3n) is 2.75. The van der Waals surface area contributed by atoms with Crippen LogP contribution < -0.4 is 10.2 Å². The Hall–Kier alpha value is -0.260. The molecule has 2 heterocycles. The van der Waals surface area contributed by atoms with Crippen molar-refractivity contribution in [3.63, 3.8) is 0 Å². The van der Waals surface area contributed by atoms with Crippen LogP contribution in [0, 0.1) is 0 Å². The molecule has 1 aromatic heterocycles. The number of nitrogens with one attached hydrogen (secondary N) is 1. The van der Waals surface area contributed by atoms with Gasteiger partial charge in [0, 0.05) is 49.0 Å². The van der Waals surface area contributed by atoms with E-state index in [1.807, 2.05) is 11.8 Å². The topological polar surface area (TPSA) is 28.2 Å². The Balaban J connectivity index is 1.82. The fourth-order valence-corrected chi connectivity index (χ4v) is 3.62. The standard InChI is InChI=1S/C12H21N3S2/c1-10(2)13-4-3-11-9-17-12(14-11)15-5-7-16-8-6-15/h9-10,13H,3-8H2,1-2H3. The number of thiazole rings is 1. The molecule has 1 saturated heterocycles. The molecule has 0 spiro atoms. The molecular formula is C12H21N3S2. The lowest BCUT2D eigenvalue weighted by atomic mass is 10.3. The van der Waals surface area contributed by atoms with Gasteiger partial charge in [-0.05, 0) is 0 Å². The van der Waals surface area contributed by atoms with E-state index in [9.17, 15) is 0 Å². The fourth-order valence-electron chi connectivity index (χ4n) is 1.80. The molecule has 0 aliphatic carbocycles. The normalized spacial score (nSPS) is 16.8. The predicted molar refractivity (Wildman–Crippen MR) is 78.5 cm³/mol. The lowest BCUT2D eigenvalue weighted by Gasteiger charge is -2.25. The van der Waals surface area contributed by atoms with Crippen molar-refractivity contribution in [1.82, 2.24) is 10.3 Å². The molecular weight excluding hydrogens is 250 g/mol. The van der Waals surface area contributed by atoms with E-state index in [0.717, 1.165) is 26.1 Å². The highest BCUT2D eigenvalue weighted by Crippen LogP contribution is 2.23. The van der Waals surface area contributed by atoms with Crippen molar-refractivity contribution in [2.24, 2.45) is 0 Å². The van der Waals surface area contributed by atoms with E-state index in [-0.39, 0.29) is 0 Å². The van der Waals surface area contributed by atoms with Crippen LogP contribution >= 0.6 is 23.1 Å². The lowest BCUT2D eigenvalue weighted by Crippen LogP contribution is -2.32. The van der Waals surface area contributed by atoms with Crippen LogP contribution in [0.2, 0.25) is 0 Å². The van der Waals surface area contributed by atoms with E-state index in [1.165, 1.54) is 22.3 Å². The third kappa shape index (κ3) is 4.16. The minimum Gasteiger partial charge on any atom is -0.346 e. The van der Waals surface area contributed by atoms with Crippen molar-refractivity contribution in [3.05, 3.63) is 11.1 Å². The zero-order valence-electron chi connectivity index (χ0n) is 10.6. The molecule has 5 heteroatoms.